The van der Waals surface area contributed by atoms with Crippen LogP contribution >= 0.6 is 0 Å². The largest absolute Gasteiger partial charge is 0.322 e. The lowest BCUT2D eigenvalue weighted by molar-refractivity contribution is 0.102. The standard InChI is InChI=1S/C25H23N5O3S/c31-25(20-8-14-23(15-9-20)34(32,33)29-16-4-5-17-29)27-21-10-12-22(13-11-21)30-24(18-26-28-30)19-6-2-1-3-7-19/h1-3,6-15,18H,4-5,16-17H2,(H,27,31). The first-order valence-electron chi connectivity index (χ1n) is 11.0. The summed E-state index contributed by atoms with van der Waals surface area (Å²) >= 11 is 0. The van der Waals surface area contributed by atoms with Gasteiger partial charge < -0.3 is 5.32 Å². The van der Waals surface area contributed by atoms with Crippen molar-refractivity contribution in [1.82, 2.24) is 19.3 Å². The van der Waals surface area contributed by atoms with Crippen LogP contribution in [-0.2, 0) is 10.0 Å². The summed E-state index contributed by atoms with van der Waals surface area (Å²) in [7, 11) is -3.50. The average molecular weight is 474 g/mol. The van der Waals surface area contributed by atoms with E-state index in [-0.39, 0.29) is 10.8 Å². The second kappa shape index (κ2) is 9.20. The van der Waals surface area contributed by atoms with Gasteiger partial charge in [-0.05, 0) is 61.4 Å². The Morgan fingerprint density at radius 2 is 1.53 bits per heavy atom. The summed E-state index contributed by atoms with van der Waals surface area (Å²) in [4.78, 5) is 12.9. The van der Waals surface area contributed by atoms with Crippen molar-refractivity contribution in [3.63, 3.8) is 0 Å². The molecule has 172 valence electrons. The molecule has 1 amide bonds. The minimum atomic E-state index is -3.50. The zero-order chi connectivity index (χ0) is 23.5. The van der Waals surface area contributed by atoms with Gasteiger partial charge in [0.1, 0.15) is 0 Å². The fraction of sp³-hybridized carbons (Fsp3) is 0.160. The lowest BCUT2D eigenvalue weighted by Gasteiger charge is -2.15. The van der Waals surface area contributed by atoms with Crippen molar-refractivity contribution >= 4 is 21.6 Å². The van der Waals surface area contributed by atoms with Crippen LogP contribution in [0.4, 0.5) is 5.69 Å². The summed E-state index contributed by atoms with van der Waals surface area (Å²) in [6.45, 7) is 1.09. The summed E-state index contributed by atoms with van der Waals surface area (Å²) in [5.74, 6) is -0.316. The number of rotatable bonds is 6. The fourth-order valence-electron chi connectivity index (χ4n) is 3.98. The molecule has 4 aromatic rings. The quantitative estimate of drug-likeness (QED) is 0.457. The lowest BCUT2D eigenvalue weighted by atomic mass is 10.1. The molecule has 0 aliphatic carbocycles. The van der Waals surface area contributed by atoms with Gasteiger partial charge in [-0.15, -0.1) is 5.10 Å². The Balaban J connectivity index is 1.29. The van der Waals surface area contributed by atoms with Crippen molar-refractivity contribution in [2.45, 2.75) is 17.7 Å². The van der Waals surface area contributed by atoms with Crippen LogP contribution in [0.1, 0.15) is 23.2 Å². The smallest absolute Gasteiger partial charge is 0.255 e. The van der Waals surface area contributed by atoms with Gasteiger partial charge >= 0.3 is 0 Å². The highest BCUT2D eigenvalue weighted by molar-refractivity contribution is 7.89. The third kappa shape index (κ3) is 4.35. The number of carbonyl (C=O) groups is 1. The van der Waals surface area contributed by atoms with Crippen LogP contribution in [0.25, 0.3) is 16.9 Å². The minimum absolute atomic E-state index is 0.206. The molecule has 0 atom stereocenters. The number of benzene rings is 3. The third-order valence-electron chi connectivity index (χ3n) is 5.81. The molecule has 5 rings (SSSR count). The van der Waals surface area contributed by atoms with Crippen molar-refractivity contribution in [3.8, 4) is 16.9 Å². The van der Waals surface area contributed by atoms with E-state index in [0.29, 0.717) is 24.3 Å². The van der Waals surface area contributed by atoms with E-state index in [1.165, 1.54) is 28.6 Å². The lowest BCUT2D eigenvalue weighted by Crippen LogP contribution is -2.27. The first-order chi connectivity index (χ1) is 16.5. The molecular formula is C25H23N5O3S. The Morgan fingerprint density at radius 1 is 0.853 bits per heavy atom. The zero-order valence-electron chi connectivity index (χ0n) is 18.3. The van der Waals surface area contributed by atoms with E-state index in [1.807, 2.05) is 42.5 Å². The van der Waals surface area contributed by atoms with E-state index in [9.17, 15) is 13.2 Å². The van der Waals surface area contributed by atoms with E-state index in [4.69, 9.17) is 0 Å². The van der Waals surface area contributed by atoms with Crippen molar-refractivity contribution in [1.29, 1.82) is 0 Å². The van der Waals surface area contributed by atoms with Crippen LogP contribution in [0.3, 0.4) is 0 Å². The molecular weight excluding hydrogens is 450 g/mol. The summed E-state index contributed by atoms with van der Waals surface area (Å²) in [6.07, 6.45) is 3.46. The van der Waals surface area contributed by atoms with E-state index < -0.39 is 10.0 Å². The number of aromatic nitrogens is 3. The summed E-state index contributed by atoms with van der Waals surface area (Å²) in [5.41, 5.74) is 3.67. The summed E-state index contributed by atoms with van der Waals surface area (Å²) in [5, 5.41) is 11.1. The fourth-order valence-corrected chi connectivity index (χ4v) is 5.49. The molecule has 9 heteroatoms. The highest BCUT2D eigenvalue weighted by Crippen LogP contribution is 2.23. The van der Waals surface area contributed by atoms with E-state index in [2.05, 4.69) is 15.6 Å². The Labute approximate surface area is 197 Å². The van der Waals surface area contributed by atoms with Crippen molar-refractivity contribution < 1.29 is 13.2 Å². The molecule has 1 saturated heterocycles. The zero-order valence-corrected chi connectivity index (χ0v) is 19.1. The molecule has 0 radical (unpaired) electrons. The summed E-state index contributed by atoms with van der Waals surface area (Å²) < 4.78 is 28.6. The second-order valence-corrected chi connectivity index (χ2v) is 9.97. The van der Waals surface area contributed by atoms with Gasteiger partial charge in [-0.25, -0.2) is 13.1 Å². The molecule has 3 aromatic carbocycles. The highest BCUT2D eigenvalue weighted by atomic mass is 32.2. The van der Waals surface area contributed by atoms with Crippen LogP contribution in [0.5, 0.6) is 0 Å². The van der Waals surface area contributed by atoms with Gasteiger partial charge in [0.15, 0.2) is 0 Å². The summed E-state index contributed by atoms with van der Waals surface area (Å²) in [6, 6.07) is 23.2. The van der Waals surface area contributed by atoms with Crippen LogP contribution in [-0.4, -0.2) is 46.7 Å². The molecule has 1 N–H and O–H groups in total. The predicted octanol–water partition coefficient (Wildman–Crippen LogP) is 3.97. The maximum absolute atomic E-state index is 12.7. The first-order valence-corrected chi connectivity index (χ1v) is 12.4. The Hall–Kier alpha value is -3.82. The van der Waals surface area contributed by atoms with E-state index >= 15 is 0 Å². The molecule has 2 heterocycles. The maximum atomic E-state index is 12.7. The third-order valence-corrected chi connectivity index (χ3v) is 7.72. The number of carbonyl (C=O) groups excluding carboxylic acids is 1. The SMILES string of the molecule is O=C(Nc1ccc(-n2nncc2-c2ccccc2)cc1)c1ccc(S(=O)(=O)N2CCCC2)cc1. The van der Waals surface area contributed by atoms with Crippen LogP contribution < -0.4 is 5.32 Å². The molecule has 1 aliphatic rings. The molecule has 0 bridgehead atoms. The van der Waals surface area contributed by atoms with Crippen LogP contribution in [0.2, 0.25) is 0 Å². The van der Waals surface area contributed by atoms with Crippen molar-refractivity contribution in [2.75, 3.05) is 18.4 Å². The first kappa shape index (κ1) is 22.0. The van der Waals surface area contributed by atoms with Crippen molar-refractivity contribution in [3.05, 3.63) is 90.6 Å². The molecule has 0 unspecified atom stereocenters. The Kier molecular flexibility index (Phi) is 5.95. The highest BCUT2D eigenvalue weighted by Gasteiger charge is 2.27. The Morgan fingerprint density at radius 3 is 2.21 bits per heavy atom. The number of amides is 1. The second-order valence-electron chi connectivity index (χ2n) is 8.03. The van der Waals surface area contributed by atoms with Crippen LogP contribution in [0, 0.1) is 0 Å². The molecule has 1 aliphatic heterocycles. The number of nitrogens with zero attached hydrogens (tertiary/aromatic N) is 4. The number of hydrogen-bond acceptors (Lipinski definition) is 5. The number of hydrogen-bond donors (Lipinski definition) is 1. The van der Waals surface area contributed by atoms with E-state index in [0.717, 1.165) is 29.8 Å². The van der Waals surface area contributed by atoms with Gasteiger partial charge in [-0.3, -0.25) is 4.79 Å². The van der Waals surface area contributed by atoms with Gasteiger partial charge in [-0.1, -0.05) is 35.5 Å². The average Bonchev–Trinajstić information content (AvgIpc) is 3.58. The Bertz CT molecular complexity index is 1390. The molecule has 0 spiro atoms. The van der Waals surface area contributed by atoms with Gasteiger partial charge in [0, 0.05) is 29.9 Å². The molecule has 1 aromatic heterocycles. The minimum Gasteiger partial charge on any atom is -0.322 e. The predicted molar refractivity (Wildman–Crippen MR) is 129 cm³/mol. The van der Waals surface area contributed by atoms with Gasteiger partial charge in [0.25, 0.3) is 5.91 Å². The normalized spacial score (nSPS) is 14.2. The maximum Gasteiger partial charge on any atom is 0.255 e. The van der Waals surface area contributed by atoms with Gasteiger partial charge in [0.2, 0.25) is 10.0 Å². The molecule has 0 saturated carbocycles. The topological polar surface area (TPSA) is 97.2 Å². The number of sulfonamides is 1. The molecule has 34 heavy (non-hydrogen) atoms. The van der Waals surface area contributed by atoms with Gasteiger partial charge in [0.05, 0.1) is 22.5 Å². The number of nitrogens with one attached hydrogen (secondary N) is 1. The molecule has 1 fully saturated rings. The van der Waals surface area contributed by atoms with E-state index in [1.54, 1.807) is 23.0 Å². The number of anilines is 1. The van der Waals surface area contributed by atoms with Crippen LogP contribution in [0.15, 0.2) is 90.0 Å². The monoisotopic (exact) mass is 473 g/mol. The molecule has 8 nitrogen and oxygen atoms in total. The van der Waals surface area contributed by atoms with Crippen molar-refractivity contribution in [2.24, 2.45) is 0 Å². The van der Waals surface area contributed by atoms with Gasteiger partial charge in [-0.2, -0.15) is 4.31 Å².